The van der Waals surface area contributed by atoms with Gasteiger partial charge in [-0.1, -0.05) is 12.8 Å². The van der Waals surface area contributed by atoms with E-state index in [0.717, 1.165) is 12.8 Å². The topological polar surface area (TPSA) is 35.8 Å². The first kappa shape index (κ1) is 10.5. The van der Waals surface area contributed by atoms with Crippen LogP contribution in [0.4, 0.5) is 0 Å². The van der Waals surface area contributed by atoms with E-state index in [1.54, 1.807) is 0 Å². The first-order valence-corrected chi connectivity index (χ1v) is 5.20. The van der Waals surface area contributed by atoms with Crippen molar-refractivity contribution in [3.05, 3.63) is 0 Å². The standard InChI is InChI=1S/C11H20N2/c1-11(2,3)13-10-7-5-4-6-9(10)8-12/h9-10,13H,4-7H2,1-3H3. The minimum atomic E-state index is 0.136. The Kier molecular flexibility index (Phi) is 3.33. The summed E-state index contributed by atoms with van der Waals surface area (Å²) in [6.07, 6.45) is 4.73. The lowest BCUT2D eigenvalue weighted by Gasteiger charge is -2.34. The van der Waals surface area contributed by atoms with Crippen LogP contribution in [0.5, 0.6) is 0 Å². The van der Waals surface area contributed by atoms with Gasteiger partial charge in [-0.3, -0.25) is 0 Å². The van der Waals surface area contributed by atoms with Gasteiger partial charge >= 0.3 is 0 Å². The zero-order chi connectivity index (χ0) is 9.90. The monoisotopic (exact) mass is 180 g/mol. The van der Waals surface area contributed by atoms with Crippen molar-refractivity contribution in [2.24, 2.45) is 5.92 Å². The quantitative estimate of drug-likeness (QED) is 0.673. The van der Waals surface area contributed by atoms with Gasteiger partial charge < -0.3 is 5.32 Å². The lowest BCUT2D eigenvalue weighted by Crippen LogP contribution is -2.48. The van der Waals surface area contributed by atoms with Crippen LogP contribution in [0, 0.1) is 17.2 Å². The average molecular weight is 180 g/mol. The molecule has 13 heavy (non-hydrogen) atoms. The smallest absolute Gasteiger partial charge is 0.0672 e. The third-order valence-electron chi connectivity index (χ3n) is 2.55. The molecule has 1 saturated carbocycles. The number of nitrogens with one attached hydrogen (secondary N) is 1. The van der Waals surface area contributed by atoms with Crippen LogP contribution < -0.4 is 5.32 Å². The number of hydrogen-bond acceptors (Lipinski definition) is 2. The van der Waals surface area contributed by atoms with Crippen molar-refractivity contribution in [1.82, 2.24) is 5.32 Å². The molecule has 2 unspecified atom stereocenters. The molecule has 2 heteroatoms. The zero-order valence-electron chi connectivity index (χ0n) is 8.93. The molecule has 0 heterocycles. The van der Waals surface area contributed by atoms with E-state index in [1.165, 1.54) is 12.8 Å². The summed E-state index contributed by atoms with van der Waals surface area (Å²) in [7, 11) is 0. The van der Waals surface area contributed by atoms with E-state index in [2.05, 4.69) is 32.2 Å². The fraction of sp³-hybridized carbons (Fsp3) is 0.909. The fourth-order valence-corrected chi connectivity index (χ4v) is 2.01. The van der Waals surface area contributed by atoms with E-state index >= 15 is 0 Å². The van der Waals surface area contributed by atoms with Crippen molar-refractivity contribution in [1.29, 1.82) is 5.26 Å². The van der Waals surface area contributed by atoms with E-state index in [0.29, 0.717) is 6.04 Å². The third-order valence-corrected chi connectivity index (χ3v) is 2.55. The van der Waals surface area contributed by atoms with Crippen LogP contribution in [-0.2, 0) is 0 Å². The van der Waals surface area contributed by atoms with Gasteiger partial charge in [0.2, 0.25) is 0 Å². The highest BCUT2D eigenvalue weighted by atomic mass is 15.0. The summed E-state index contributed by atoms with van der Waals surface area (Å²) in [4.78, 5) is 0. The average Bonchev–Trinajstić information content (AvgIpc) is 2.02. The van der Waals surface area contributed by atoms with Crippen LogP contribution in [0.2, 0.25) is 0 Å². The van der Waals surface area contributed by atoms with E-state index < -0.39 is 0 Å². The number of nitriles is 1. The molecule has 74 valence electrons. The summed E-state index contributed by atoms with van der Waals surface area (Å²) in [6, 6.07) is 2.83. The molecule has 1 fully saturated rings. The molecule has 0 saturated heterocycles. The summed E-state index contributed by atoms with van der Waals surface area (Å²) in [6.45, 7) is 6.49. The van der Waals surface area contributed by atoms with Crippen LogP contribution in [0.3, 0.4) is 0 Å². The minimum absolute atomic E-state index is 0.136. The molecule has 0 amide bonds. The van der Waals surface area contributed by atoms with Gasteiger partial charge in [0.1, 0.15) is 0 Å². The lowest BCUT2D eigenvalue weighted by molar-refractivity contribution is 0.254. The Morgan fingerprint density at radius 1 is 1.23 bits per heavy atom. The van der Waals surface area contributed by atoms with Crippen LogP contribution in [0.25, 0.3) is 0 Å². The second-order valence-corrected chi connectivity index (χ2v) is 5.02. The van der Waals surface area contributed by atoms with Crippen molar-refractivity contribution in [3.8, 4) is 6.07 Å². The molecule has 1 N–H and O–H groups in total. The Hall–Kier alpha value is -0.550. The van der Waals surface area contributed by atoms with Gasteiger partial charge in [0.25, 0.3) is 0 Å². The van der Waals surface area contributed by atoms with Crippen molar-refractivity contribution < 1.29 is 0 Å². The van der Waals surface area contributed by atoms with Gasteiger partial charge in [-0.2, -0.15) is 5.26 Å². The Bertz CT molecular complexity index is 197. The van der Waals surface area contributed by atoms with Crippen LogP contribution >= 0.6 is 0 Å². The van der Waals surface area contributed by atoms with Crippen molar-refractivity contribution in [3.63, 3.8) is 0 Å². The molecule has 1 aliphatic carbocycles. The largest absolute Gasteiger partial charge is 0.308 e. The fourth-order valence-electron chi connectivity index (χ4n) is 2.01. The van der Waals surface area contributed by atoms with E-state index in [1.807, 2.05) is 0 Å². The second kappa shape index (κ2) is 4.11. The second-order valence-electron chi connectivity index (χ2n) is 5.02. The Morgan fingerprint density at radius 3 is 2.38 bits per heavy atom. The molecule has 0 spiro atoms. The lowest BCUT2D eigenvalue weighted by atomic mass is 9.84. The van der Waals surface area contributed by atoms with Gasteiger partial charge in [-0.25, -0.2) is 0 Å². The molecule has 0 aromatic carbocycles. The molecular weight excluding hydrogens is 160 g/mol. The summed E-state index contributed by atoms with van der Waals surface area (Å²) < 4.78 is 0. The number of nitrogens with zero attached hydrogens (tertiary/aromatic N) is 1. The van der Waals surface area contributed by atoms with Crippen LogP contribution in [0.15, 0.2) is 0 Å². The van der Waals surface area contributed by atoms with Gasteiger partial charge in [-0.15, -0.1) is 0 Å². The van der Waals surface area contributed by atoms with Crippen molar-refractivity contribution >= 4 is 0 Å². The first-order valence-electron chi connectivity index (χ1n) is 5.20. The third kappa shape index (κ3) is 3.36. The Morgan fingerprint density at radius 2 is 1.85 bits per heavy atom. The molecule has 2 atom stereocenters. The zero-order valence-corrected chi connectivity index (χ0v) is 8.93. The summed E-state index contributed by atoms with van der Waals surface area (Å²) in [5.74, 6) is 0.230. The highest BCUT2D eigenvalue weighted by Gasteiger charge is 2.27. The SMILES string of the molecule is CC(C)(C)NC1CCCCC1C#N. The maximum Gasteiger partial charge on any atom is 0.0672 e. The van der Waals surface area contributed by atoms with Gasteiger partial charge in [0, 0.05) is 11.6 Å². The minimum Gasteiger partial charge on any atom is -0.308 e. The van der Waals surface area contributed by atoms with E-state index in [-0.39, 0.29) is 11.5 Å². The first-order chi connectivity index (χ1) is 6.03. The molecule has 0 aromatic rings. The molecule has 1 aliphatic rings. The summed E-state index contributed by atoms with van der Waals surface area (Å²) >= 11 is 0. The van der Waals surface area contributed by atoms with Gasteiger partial charge in [0.05, 0.1) is 12.0 Å². The highest BCUT2D eigenvalue weighted by Crippen LogP contribution is 2.25. The van der Waals surface area contributed by atoms with Crippen molar-refractivity contribution in [2.75, 3.05) is 0 Å². The van der Waals surface area contributed by atoms with E-state index in [9.17, 15) is 0 Å². The summed E-state index contributed by atoms with van der Waals surface area (Å²) in [5, 5.41) is 12.5. The van der Waals surface area contributed by atoms with Crippen LogP contribution in [-0.4, -0.2) is 11.6 Å². The van der Waals surface area contributed by atoms with Crippen molar-refractivity contribution in [2.45, 2.75) is 58.0 Å². The number of hydrogen-bond donors (Lipinski definition) is 1. The molecule has 0 radical (unpaired) electrons. The maximum absolute atomic E-state index is 8.97. The highest BCUT2D eigenvalue weighted by molar-refractivity contribution is 4.96. The predicted molar refractivity (Wildman–Crippen MR) is 54.2 cm³/mol. The molecular formula is C11H20N2. The summed E-state index contributed by atoms with van der Waals surface area (Å²) in [5.41, 5.74) is 0.136. The van der Waals surface area contributed by atoms with Gasteiger partial charge in [-0.05, 0) is 33.6 Å². The predicted octanol–water partition coefficient (Wildman–Crippen LogP) is 2.46. The van der Waals surface area contributed by atoms with Gasteiger partial charge in [0.15, 0.2) is 0 Å². The van der Waals surface area contributed by atoms with E-state index in [4.69, 9.17) is 5.26 Å². The maximum atomic E-state index is 8.97. The molecule has 1 rings (SSSR count). The molecule has 0 aliphatic heterocycles. The van der Waals surface area contributed by atoms with Crippen LogP contribution in [0.1, 0.15) is 46.5 Å². The Balaban J connectivity index is 2.51. The molecule has 0 aromatic heterocycles. The molecule has 2 nitrogen and oxygen atoms in total. The number of rotatable bonds is 1. The Labute approximate surface area is 81.3 Å². The molecule has 0 bridgehead atoms. The normalized spacial score (nSPS) is 29.7.